The lowest BCUT2D eigenvalue weighted by Crippen LogP contribution is -2.15. The first-order chi connectivity index (χ1) is 9.11. The van der Waals surface area contributed by atoms with Crippen LogP contribution in [-0.4, -0.2) is 12.1 Å². The normalized spacial score (nSPS) is 12.2. The maximum Gasteiger partial charge on any atom is 0.119 e. The second kappa shape index (κ2) is 6.17. The molecule has 0 bridgehead atoms. The summed E-state index contributed by atoms with van der Waals surface area (Å²) in [7, 11) is 1.65. The van der Waals surface area contributed by atoms with E-state index in [9.17, 15) is 0 Å². The number of hydrogen-bond acceptors (Lipinski definition) is 3. The van der Waals surface area contributed by atoms with Crippen LogP contribution in [0.3, 0.4) is 0 Å². The smallest absolute Gasteiger partial charge is 0.119 e. The summed E-state index contributed by atoms with van der Waals surface area (Å²) in [6.07, 6.45) is 2.51. The van der Waals surface area contributed by atoms with Gasteiger partial charge in [-0.05, 0) is 42.3 Å². The third-order valence-electron chi connectivity index (χ3n) is 3.13. The minimum atomic E-state index is -0.113. The van der Waals surface area contributed by atoms with E-state index < -0.39 is 0 Å². The second-order valence-corrected chi connectivity index (χ2v) is 5.32. The quantitative estimate of drug-likeness (QED) is 0.939. The lowest BCUT2D eigenvalue weighted by Gasteiger charge is -2.15. The largest absolute Gasteiger partial charge is 0.497 e. The number of hydrogen-bond donors (Lipinski definition) is 1. The number of methoxy groups -OCH3 is 1. The van der Waals surface area contributed by atoms with Crippen molar-refractivity contribution in [1.29, 1.82) is 0 Å². The highest BCUT2D eigenvalue weighted by Gasteiger charge is 2.13. The summed E-state index contributed by atoms with van der Waals surface area (Å²) in [6.45, 7) is 2.05. The van der Waals surface area contributed by atoms with Gasteiger partial charge in [-0.3, -0.25) is 4.98 Å². The molecular weight excluding hydrogens is 304 g/mol. The maximum absolute atomic E-state index is 6.29. The zero-order valence-corrected chi connectivity index (χ0v) is 12.6. The van der Waals surface area contributed by atoms with Crippen LogP contribution in [0.5, 0.6) is 5.75 Å². The summed E-state index contributed by atoms with van der Waals surface area (Å²) in [5.41, 5.74) is 9.52. The number of benzene rings is 1. The molecule has 1 heterocycles. The van der Waals surface area contributed by atoms with Gasteiger partial charge in [0.1, 0.15) is 5.75 Å². The zero-order chi connectivity index (χ0) is 13.8. The molecule has 0 aliphatic carbocycles. The number of nitrogens with zero attached hydrogens (tertiary/aromatic N) is 1. The summed E-state index contributed by atoms with van der Waals surface area (Å²) in [5.74, 6) is 0.811. The molecule has 0 saturated heterocycles. The second-order valence-electron chi connectivity index (χ2n) is 4.47. The van der Waals surface area contributed by atoms with Crippen LogP contribution in [-0.2, 0) is 6.42 Å². The van der Waals surface area contributed by atoms with Crippen LogP contribution in [0.2, 0.25) is 0 Å². The first-order valence-corrected chi connectivity index (χ1v) is 6.90. The Balaban J connectivity index is 2.25. The lowest BCUT2D eigenvalue weighted by molar-refractivity contribution is 0.413. The number of ether oxygens (including phenoxy) is 1. The summed E-state index contributed by atoms with van der Waals surface area (Å²) in [5, 5.41) is 0. The van der Waals surface area contributed by atoms with Gasteiger partial charge in [-0.1, -0.05) is 22.0 Å². The van der Waals surface area contributed by atoms with Crippen molar-refractivity contribution in [1.82, 2.24) is 4.98 Å². The molecule has 1 unspecified atom stereocenters. The maximum atomic E-state index is 6.29. The van der Waals surface area contributed by atoms with Crippen molar-refractivity contribution >= 4 is 15.9 Å². The van der Waals surface area contributed by atoms with Crippen LogP contribution in [0.1, 0.15) is 22.9 Å². The van der Waals surface area contributed by atoms with E-state index in [1.165, 1.54) is 0 Å². The summed E-state index contributed by atoms with van der Waals surface area (Å²) < 4.78 is 6.24. The average molecular weight is 321 g/mol. The van der Waals surface area contributed by atoms with E-state index in [4.69, 9.17) is 10.5 Å². The van der Waals surface area contributed by atoms with Crippen LogP contribution >= 0.6 is 15.9 Å². The van der Waals surface area contributed by atoms with Crippen molar-refractivity contribution in [2.75, 3.05) is 7.11 Å². The van der Waals surface area contributed by atoms with E-state index in [-0.39, 0.29) is 6.04 Å². The summed E-state index contributed by atoms with van der Waals surface area (Å²) >= 11 is 3.54. The van der Waals surface area contributed by atoms with Gasteiger partial charge in [0, 0.05) is 28.8 Å². The molecule has 0 fully saturated rings. The standard InChI is InChI=1S/C15H17BrN2O/c1-10-4-3-7-18-15(10)9-14(17)12-8-11(19-2)5-6-13(12)16/h3-8,14H,9,17H2,1-2H3. The zero-order valence-electron chi connectivity index (χ0n) is 11.1. The Morgan fingerprint density at radius 1 is 1.37 bits per heavy atom. The molecule has 4 heteroatoms. The average Bonchev–Trinajstić information content (AvgIpc) is 2.42. The summed E-state index contributed by atoms with van der Waals surface area (Å²) in [6, 6.07) is 9.71. The number of pyridine rings is 1. The van der Waals surface area contributed by atoms with Crippen LogP contribution < -0.4 is 10.5 Å². The topological polar surface area (TPSA) is 48.1 Å². The highest BCUT2D eigenvalue weighted by atomic mass is 79.9. The number of aryl methyl sites for hydroxylation is 1. The van der Waals surface area contributed by atoms with E-state index in [1.54, 1.807) is 13.3 Å². The van der Waals surface area contributed by atoms with Gasteiger partial charge in [-0.2, -0.15) is 0 Å². The third-order valence-corrected chi connectivity index (χ3v) is 3.86. The molecule has 3 nitrogen and oxygen atoms in total. The molecule has 1 atom stereocenters. The lowest BCUT2D eigenvalue weighted by atomic mass is 10.0. The van der Waals surface area contributed by atoms with E-state index in [0.717, 1.165) is 27.0 Å². The number of aromatic nitrogens is 1. The van der Waals surface area contributed by atoms with Gasteiger partial charge in [0.2, 0.25) is 0 Å². The molecule has 100 valence electrons. The molecule has 0 radical (unpaired) electrons. The number of rotatable bonds is 4. The van der Waals surface area contributed by atoms with Gasteiger partial charge in [0.25, 0.3) is 0 Å². The molecule has 0 amide bonds. The first kappa shape index (κ1) is 14.0. The minimum Gasteiger partial charge on any atom is -0.497 e. The molecule has 0 saturated carbocycles. The molecule has 1 aromatic carbocycles. The Hall–Kier alpha value is -1.39. The van der Waals surface area contributed by atoms with E-state index in [2.05, 4.69) is 33.9 Å². The highest BCUT2D eigenvalue weighted by molar-refractivity contribution is 9.10. The fourth-order valence-electron chi connectivity index (χ4n) is 1.98. The SMILES string of the molecule is COc1ccc(Br)c(C(N)Cc2ncccc2C)c1. The fourth-order valence-corrected chi connectivity index (χ4v) is 2.52. The highest BCUT2D eigenvalue weighted by Crippen LogP contribution is 2.28. The summed E-state index contributed by atoms with van der Waals surface area (Å²) in [4.78, 5) is 4.39. The van der Waals surface area contributed by atoms with E-state index in [0.29, 0.717) is 6.42 Å². The van der Waals surface area contributed by atoms with Gasteiger partial charge < -0.3 is 10.5 Å². The Morgan fingerprint density at radius 3 is 2.84 bits per heavy atom. The number of halogens is 1. The Bertz CT molecular complexity index is 572. The van der Waals surface area contributed by atoms with E-state index >= 15 is 0 Å². The minimum absolute atomic E-state index is 0.113. The van der Waals surface area contributed by atoms with Crippen LogP contribution in [0, 0.1) is 6.92 Å². The number of nitrogens with two attached hydrogens (primary N) is 1. The molecule has 2 rings (SSSR count). The predicted molar refractivity (Wildman–Crippen MR) is 80.3 cm³/mol. The Kier molecular flexibility index (Phi) is 4.56. The van der Waals surface area contributed by atoms with Crippen molar-refractivity contribution < 1.29 is 4.74 Å². The van der Waals surface area contributed by atoms with Gasteiger partial charge >= 0.3 is 0 Å². The molecule has 1 aromatic heterocycles. The van der Waals surface area contributed by atoms with Gasteiger partial charge in [-0.25, -0.2) is 0 Å². The van der Waals surface area contributed by atoms with Crippen molar-refractivity contribution in [3.63, 3.8) is 0 Å². The van der Waals surface area contributed by atoms with Crippen LogP contribution in [0.25, 0.3) is 0 Å². The van der Waals surface area contributed by atoms with Gasteiger partial charge in [-0.15, -0.1) is 0 Å². The van der Waals surface area contributed by atoms with Crippen molar-refractivity contribution in [3.05, 3.63) is 57.8 Å². The monoisotopic (exact) mass is 320 g/mol. The molecule has 19 heavy (non-hydrogen) atoms. The Labute approximate surface area is 121 Å². The van der Waals surface area contributed by atoms with Crippen molar-refractivity contribution in [3.8, 4) is 5.75 Å². The van der Waals surface area contributed by atoms with Crippen LogP contribution in [0.4, 0.5) is 0 Å². The van der Waals surface area contributed by atoms with Crippen LogP contribution in [0.15, 0.2) is 41.0 Å². The Morgan fingerprint density at radius 2 is 2.16 bits per heavy atom. The van der Waals surface area contributed by atoms with Crippen molar-refractivity contribution in [2.45, 2.75) is 19.4 Å². The fraction of sp³-hybridized carbons (Fsp3) is 0.267. The third kappa shape index (κ3) is 3.33. The molecule has 2 N–H and O–H groups in total. The predicted octanol–water partition coefficient (Wildman–Crippen LogP) is 3.40. The van der Waals surface area contributed by atoms with E-state index in [1.807, 2.05) is 24.3 Å². The molecule has 0 aliphatic rings. The van der Waals surface area contributed by atoms with Gasteiger partial charge in [0.05, 0.1) is 7.11 Å². The molecule has 0 aliphatic heterocycles. The molecule has 2 aromatic rings. The molecular formula is C15H17BrN2O. The molecule has 0 spiro atoms. The van der Waals surface area contributed by atoms with Crippen molar-refractivity contribution in [2.24, 2.45) is 5.73 Å². The first-order valence-electron chi connectivity index (χ1n) is 6.11. The van der Waals surface area contributed by atoms with Gasteiger partial charge in [0.15, 0.2) is 0 Å².